The van der Waals surface area contributed by atoms with Crippen LogP contribution in [-0.4, -0.2) is 16.3 Å². The average molecular weight is 482 g/mol. The van der Waals surface area contributed by atoms with Crippen LogP contribution in [0.1, 0.15) is 5.56 Å². The summed E-state index contributed by atoms with van der Waals surface area (Å²) in [5.74, 6) is -1.92. The van der Waals surface area contributed by atoms with Crippen LogP contribution < -0.4 is 9.30 Å². The lowest BCUT2D eigenvalue weighted by Crippen LogP contribution is -2.33. The zero-order chi connectivity index (χ0) is 24.6. The Morgan fingerprint density at radius 1 is 0.857 bits per heavy atom. The van der Waals surface area contributed by atoms with E-state index >= 15 is 0 Å². The first-order valence-corrected chi connectivity index (χ1v) is 10.5. The number of halogens is 5. The molecule has 0 bridgehead atoms. The highest BCUT2D eigenvalue weighted by Crippen LogP contribution is 2.27. The van der Waals surface area contributed by atoms with Crippen molar-refractivity contribution in [2.75, 3.05) is 0 Å². The third-order valence-corrected chi connectivity index (χ3v) is 5.43. The Hall–Kier alpha value is -4.27. The van der Waals surface area contributed by atoms with E-state index in [1.165, 1.54) is 24.3 Å². The summed E-state index contributed by atoms with van der Waals surface area (Å²) in [6, 6.07) is 19.0. The maximum absolute atomic E-state index is 14.1. The van der Waals surface area contributed by atoms with Crippen LogP contribution in [0.5, 0.6) is 5.75 Å². The Bertz CT molecular complexity index is 1490. The summed E-state index contributed by atoms with van der Waals surface area (Å²) in [5, 5.41) is 0. The number of hydrogen-bond acceptors (Lipinski definition) is 2. The number of rotatable bonds is 5. The smallest absolute Gasteiger partial charge is 0.406 e. The molecule has 1 N–H and O–H groups in total. The molecule has 176 valence electrons. The minimum atomic E-state index is -4.72. The Morgan fingerprint density at radius 3 is 2.23 bits per heavy atom. The number of ether oxygens (including phenoxy) is 1. The second-order valence-corrected chi connectivity index (χ2v) is 7.87. The fourth-order valence-corrected chi connectivity index (χ4v) is 3.78. The number of imidazole rings is 1. The number of H-pyrrole nitrogens is 1. The predicted octanol–water partition coefficient (Wildman–Crippen LogP) is 6.41. The van der Waals surface area contributed by atoms with E-state index in [0.717, 1.165) is 22.8 Å². The second kappa shape index (κ2) is 8.83. The lowest BCUT2D eigenvalue weighted by atomic mass is 10.0. The van der Waals surface area contributed by atoms with Crippen molar-refractivity contribution in [3.63, 3.8) is 0 Å². The molecule has 0 atom stereocenters. The highest BCUT2D eigenvalue weighted by Gasteiger charge is 2.31. The zero-order valence-corrected chi connectivity index (χ0v) is 18.0. The highest BCUT2D eigenvalue weighted by molar-refractivity contribution is 5.77. The third-order valence-electron chi connectivity index (χ3n) is 5.43. The zero-order valence-electron chi connectivity index (χ0n) is 18.0. The molecule has 3 aromatic carbocycles. The Labute approximate surface area is 196 Å². The van der Waals surface area contributed by atoms with Crippen molar-refractivity contribution in [3.8, 4) is 28.3 Å². The summed E-state index contributed by atoms with van der Waals surface area (Å²) in [7, 11) is 0. The van der Waals surface area contributed by atoms with Crippen LogP contribution >= 0.6 is 0 Å². The van der Waals surface area contributed by atoms with Crippen molar-refractivity contribution in [1.29, 1.82) is 0 Å². The molecule has 4 nitrogen and oxygen atoms in total. The fraction of sp³-hybridized carbons (Fsp3) is 0.0769. The standard InChI is InChI=1S/C26H16F5N3O/c27-21-3-1-2-20(24(21)28)25-32-22-12-13-34(15-23(22)33-25)14-16-4-6-17(7-5-16)18-8-10-19(11-9-18)35-26(29,30)31/h1-13,15H,14H2/p+1. The predicted molar refractivity (Wildman–Crippen MR) is 119 cm³/mol. The lowest BCUT2D eigenvalue weighted by molar-refractivity contribution is -0.687. The molecule has 2 aromatic heterocycles. The minimum Gasteiger partial charge on any atom is -0.406 e. The number of pyridine rings is 1. The van der Waals surface area contributed by atoms with E-state index in [-0.39, 0.29) is 17.1 Å². The van der Waals surface area contributed by atoms with Gasteiger partial charge in [0.25, 0.3) is 0 Å². The van der Waals surface area contributed by atoms with Crippen molar-refractivity contribution >= 4 is 11.0 Å². The molecule has 0 aliphatic heterocycles. The van der Waals surface area contributed by atoms with Crippen LogP contribution in [0.2, 0.25) is 0 Å². The van der Waals surface area contributed by atoms with Gasteiger partial charge in [-0.3, -0.25) is 0 Å². The van der Waals surface area contributed by atoms with Crippen molar-refractivity contribution in [3.05, 3.63) is 102 Å². The van der Waals surface area contributed by atoms with Gasteiger partial charge in [-0.05, 0) is 35.4 Å². The largest absolute Gasteiger partial charge is 0.573 e. The molecule has 5 rings (SSSR count). The molecule has 0 saturated heterocycles. The number of alkyl halides is 3. The monoisotopic (exact) mass is 482 g/mol. The number of nitrogens with one attached hydrogen (secondary N) is 1. The number of hydrogen-bond donors (Lipinski definition) is 1. The van der Waals surface area contributed by atoms with Crippen LogP contribution in [-0.2, 0) is 6.54 Å². The minimum absolute atomic E-state index is 0.0568. The molecule has 0 aliphatic rings. The van der Waals surface area contributed by atoms with Crippen molar-refractivity contribution in [2.24, 2.45) is 0 Å². The average Bonchev–Trinajstić information content (AvgIpc) is 3.24. The molecular weight excluding hydrogens is 465 g/mol. The summed E-state index contributed by atoms with van der Waals surface area (Å²) in [5.41, 5.74) is 3.95. The molecular formula is C26H17F5N3O+. The SMILES string of the molecule is Fc1cccc(-c2nc3cc[n+](Cc4ccc(-c5ccc(OC(F)(F)F)cc5)cc4)cc3[nH]2)c1F. The van der Waals surface area contributed by atoms with E-state index < -0.39 is 18.0 Å². The second-order valence-electron chi connectivity index (χ2n) is 7.87. The van der Waals surface area contributed by atoms with Gasteiger partial charge in [0.15, 0.2) is 30.6 Å². The Morgan fingerprint density at radius 2 is 1.54 bits per heavy atom. The van der Waals surface area contributed by atoms with Crippen molar-refractivity contribution in [2.45, 2.75) is 12.9 Å². The highest BCUT2D eigenvalue weighted by atomic mass is 19.4. The van der Waals surface area contributed by atoms with Gasteiger partial charge in [0, 0.05) is 11.6 Å². The van der Waals surface area contributed by atoms with Crippen molar-refractivity contribution < 1.29 is 31.3 Å². The first-order chi connectivity index (χ1) is 16.7. The van der Waals surface area contributed by atoms with Gasteiger partial charge in [-0.15, -0.1) is 13.2 Å². The number of fused-ring (bicyclic) bond motifs is 1. The fourth-order valence-electron chi connectivity index (χ4n) is 3.78. The van der Waals surface area contributed by atoms with Gasteiger partial charge in [-0.1, -0.05) is 42.5 Å². The number of benzene rings is 3. The van der Waals surface area contributed by atoms with Crippen LogP contribution in [0.25, 0.3) is 33.5 Å². The lowest BCUT2D eigenvalue weighted by Gasteiger charge is -2.09. The van der Waals surface area contributed by atoms with E-state index in [4.69, 9.17) is 0 Å². The first kappa shape index (κ1) is 22.5. The molecule has 0 unspecified atom stereocenters. The summed E-state index contributed by atoms with van der Waals surface area (Å²) in [6.45, 7) is 0.539. The van der Waals surface area contributed by atoms with Gasteiger partial charge in [0.2, 0.25) is 0 Å². The first-order valence-electron chi connectivity index (χ1n) is 10.5. The van der Waals surface area contributed by atoms with Gasteiger partial charge >= 0.3 is 6.36 Å². The molecule has 5 aromatic rings. The molecule has 0 aliphatic carbocycles. The molecule has 0 radical (unpaired) electrons. The molecule has 35 heavy (non-hydrogen) atoms. The topological polar surface area (TPSA) is 41.8 Å². The van der Waals surface area contributed by atoms with Gasteiger partial charge in [0.05, 0.1) is 5.56 Å². The molecule has 0 spiro atoms. The molecule has 0 amide bonds. The van der Waals surface area contributed by atoms with Gasteiger partial charge in [0.1, 0.15) is 22.6 Å². The van der Waals surface area contributed by atoms with E-state index in [2.05, 4.69) is 14.7 Å². The number of aromatic amines is 1. The van der Waals surface area contributed by atoms with Crippen molar-refractivity contribution in [1.82, 2.24) is 9.97 Å². The summed E-state index contributed by atoms with van der Waals surface area (Å²) >= 11 is 0. The molecule has 2 heterocycles. The van der Waals surface area contributed by atoms with Crippen LogP contribution in [0.15, 0.2) is 85.2 Å². The van der Waals surface area contributed by atoms with E-state index in [1.54, 1.807) is 18.2 Å². The van der Waals surface area contributed by atoms with E-state index in [9.17, 15) is 22.0 Å². The maximum atomic E-state index is 14.1. The van der Waals surface area contributed by atoms with E-state index in [1.807, 2.05) is 41.2 Å². The Balaban J connectivity index is 1.32. The molecule has 0 fully saturated rings. The van der Waals surface area contributed by atoms with E-state index in [0.29, 0.717) is 17.6 Å². The van der Waals surface area contributed by atoms with Crippen LogP contribution in [0.3, 0.4) is 0 Å². The molecule has 9 heteroatoms. The normalized spacial score (nSPS) is 11.7. The van der Waals surface area contributed by atoms with Gasteiger partial charge in [-0.2, -0.15) is 4.57 Å². The molecule has 0 saturated carbocycles. The Kier molecular flexibility index (Phi) is 5.68. The summed E-state index contributed by atoms with van der Waals surface area (Å²) in [4.78, 5) is 7.39. The van der Waals surface area contributed by atoms with Gasteiger partial charge < -0.3 is 9.72 Å². The van der Waals surface area contributed by atoms with Crippen LogP contribution in [0.4, 0.5) is 22.0 Å². The summed E-state index contributed by atoms with van der Waals surface area (Å²) < 4.78 is 70.5. The van der Waals surface area contributed by atoms with Crippen LogP contribution in [0, 0.1) is 11.6 Å². The maximum Gasteiger partial charge on any atom is 0.573 e. The van der Waals surface area contributed by atoms with Gasteiger partial charge in [-0.25, -0.2) is 13.8 Å². The third kappa shape index (κ3) is 4.98. The quantitative estimate of drug-likeness (QED) is 0.232. The number of aromatic nitrogens is 3. The number of nitrogens with zero attached hydrogens (tertiary/aromatic N) is 2. The summed E-state index contributed by atoms with van der Waals surface area (Å²) in [6.07, 6.45) is -1.06.